The molecule has 0 unspecified atom stereocenters. The van der Waals surface area contributed by atoms with Gasteiger partial charge >= 0.3 is 0 Å². The van der Waals surface area contributed by atoms with Crippen LogP contribution < -0.4 is 10.2 Å². The van der Waals surface area contributed by atoms with E-state index in [4.69, 9.17) is 9.84 Å². The minimum atomic E-state index is 0.0459. The van der Waals surface area contributed by atoms with Crippen molar-refractivity contribution in [1.82, 2.24) is 25.1 Å². The first-order valence-electron chi connectivity index (χ1n) is 9.97. The number of aromatic nitrogens is 4. The minimum absolute atomic E-state index is 0.0459. The number of methoxy groups -OCH3 is 1. The Morgan fingerprint density at radius 1 is 1.21 bits per heavy atom. The summed E-state index contributed by atoms with van der Waals surface area (Å²) in [5.41, 5.74) is 2.88. The van der Waals surface area contributed by atoms with Crippen LogP contribution in [0.1, 0.15) is 18.4 Å². The van der Waals surface area contributed by atoms with Crippen molar-refractivity contribution in [2.45, 2.75) is 19.8 Å². The second-order valence-electron chi connectivity index (χ2n) is 7.40. The van der Waals surface area contributed by atoms with Gasteiger partial charge in [-0.2, -0.15) is 4.52 Å². The summed E-state index contributed by atoms with van der Waals surface area (Å²) in [5.74, 6) is 1.78. The van der Waals surface area contributed by atoms with Crippen molar-refractivity contribution < 1.29 is 9.53 Å². The third-order valence-electron chi connectivity index (χ3n) is 5.32. The number of rotatable bonds is 6. The number of hydrogen-bond acceptors (Lipinski definition) is 6. The zero-order valence-electron chi connectivity index (χ0n) is 16.8. The number of aryl methyl sites for hydroxylation is 1. The highest BCUT2D eigenvalue weighted by molar-refractivity contribution is 5.79. The van der Waals surface area contributed by atoms with E-state index >= 15 is 0 Å². The van der Waals surface area contributed by atoms with Gasteiger partial charge in [0.2, 0.25) is 5.91 Å². The largest absolute Gasteiger partial charge is 0.383 e. The molecule has 2 aromatic heterocycles. The second-order valence-corrected chi connectivity index (χ2v) is 7.40. The molecule has 0 spiro atoms. The molecule has 1 aliphatic rings. The molecule has 4 rings (SSSR count). The lowest BCUT2D eigenvalue weighted by molar-refractivity contribution is -0.125. The van der Waals surface area contributed by atoms with Crippen LogP contribution in [0.25, 0.3) is 17.0 Å². The standard InChI is InChI=1S/C21H26N6O2/c1-15-4-3-5-17(14-15)20-24-23-18-6-7-19(25-27(18)20)26-11-8-16(9-12-26)21(28)22-10-13-29-2/h3-7,14,16H,8-13H2,1-2H3,(H,22,28). The van der Waals surface area contributed by atoms with Gasteiger partial charge in [-0.15, -0.1) is 15.3 Å². The van der Waals surface area contributed by atoms with Gasteiger partial charge in [-0.1, -0.05) is 23.8 Å². The SMILES string of the molecule is COCCNC(=O)C1CCN(c2ccc3nnc(-c4cccc(C)c4)n3n2)CC1. The van der Waals surface area contributed by atoms with Gasteiger partial charge in [-0.3, -0.25) is 4.79 Å². The fourth-order valence-electron chi connectivity index (χ4n) is 3.70. The molecule has 1 saturated heterocycles. The molecule has 1 aliphatic heterocycles. The summed E-state index contributed by atoms with van der Waals surface area (Å²) < 4.78 is 6.79. The van der Waals surface area contributed by atoms with E-state index in [-0.39, 0.29) is 11.8 Å². The number of piperidine rings is 1. The van der Waals surface area contributed by atoms with Gasteiger partial charge in [-0.05, 0) is 38.0 Å². The number of ether oxygens (including phenoxy) is 1. The molecule has 0 saturated carbocycles. The Morgan fingerprint density at radius 3 is 2.79 bits per heavy atom. The molecule has 0 bridgehead atoms. The zero-order valence-corrected chi connectivity index (χ0v) is 16.8. The number of amides is 1. The summed E-state index contributed by atoms with van der Waals surface area (Å²) in [7, 11) is 1.63. The fraction of sp³-hybridized carbons (Fsp3) is 0.429. The summed E-state index contributed by atoms with van der Waals surface area (Å²) in [5, 5.41) is 16.3. The van der Waals surface area contributed by atoms with Crippen LogP contribution in [0, 0.1) is 12.8 Å². The first-order chi connectivity index (χ1) is 14.2. The van der Waals surface area contributed by atoms with Gasteiger partial charge in [-0.25, -0.2) is 0 Å². The first-order valence-corrected chi connectivity index (χ1v) is 9.97. The van der Waals surface area contributed by atoms with Gasteiger partial charge in [0, 0.05) is 38.2 Å². The Kier molecular flexibility index (Phi) is 5.71. The highest BCUT2D eigenvalue weighted by Crippen LogP contribution is 2.24. The molecule has 8 heteroatoms. The predicted octanol–water partition coefficient (Wildman–Crippen LogP) is 2.08. The number of anilines is 1. The van der Waals surface area contributed by atoms with E-state index in [2.05, 4.69) is 39.5 Å². The topological polar surface area (TPSA) is 84.6 Å². The van der Waals surface area contributed by atoms with Crippen LogP contribution in [0.3, 0.4) is 0 Å². The maximum absolute atomic E-state index is 12.3. The molecular weight excluding hydrogens is 368 g/mol. The van der Waals surface area contributed by atoms with E-state index in [0.29, 0.717) is 13.2 Å². The maximum Gasteiger partial charge on any atom is 0.223 e. The van der Waals surface area contributed by atoms with E-state index in [0.717, 1.165) is 48.8 Å². The van der Waals surface area contributed by atoms with Crippen LogP contribution in [0.2, 0.25) is 0 Å². The molecule has 1 aromatic carbocycles. The van der Waals surface area contributed by atoms with Crippen LogP contribution in [-0.2, 0) is 9.53 Å². The monoisotopic (exact) mass is 394 g/mol. The summed E-state index contributed by atoms with van der Waals surface area (Å²) in [4.78, 5) is 14.5. The molecular formula is C21H26N6O2. The minimum Gasteiger partial charge on any atom is -0.383 e. The Labute approximate surface area is 169 Å². The van der Waals surface area contributed by atoms with E-state index < -0.39 is 0 Å². The smallest absolute Gasteiger partial charge is 0.223 e. The summed E-state index contributed by atoms with van der Waals surface area (Å²) in [6.07, 6.45) is 1.62. The molecule has 1 fully saturated rings. The molecule has 8 nitrogen and oxygen atoms in total. The lowest BCUT2D eigenvalue weighted by atomic mass is 9.96. The highest BCUT2D eigenvalue weighted by Gasteiger charge is 2.25. The van der Waals surface area contributed by atoms with Gasteiger partial charge < -0.3 is 15.0 Å². The van der Waals surface area contributed by atoms with Crippen LogP contribution >= 0.6 is 0 Å². The van der Waals surface area contributed by atoms with Crippen molar-refractivity contribution in [3.63, 3.8) is 0 Å². The maximum atomic E-state index is 12.3. The average molecular weight is 394 g/mol. The number of carbonyl (C=O) groups excluding carboxylic acids is 1. The second kappa shape index (κ2) is 8.57. The molecule has 3 aromatic rings. The van der Waals surface area contributed by atoms with E-state index in [1.165, 1.54) is 5.56 Å². The van der Waals surface area contributed by atoms with Crippen molar-refractivity contribution in [3.8, 4) is 11.4 Å². The molecule has 1 N–H and O–H groups in total. The number of nitrogens with one attached hydrogen (secondary N) is 1. The van der Waals surface area contributed by atoms with Crippen LogP contribution in [0.15, 0.2) is 36.4 Å². The molecule has 0 aliphatic carbocycles. The number of benzene rings is 1. The van der Waals surface area contributed by atoms with E-state index in [9.17, 15) is 4.79 Å². The number of carbonyl (C=O) groups is 1. The summed E-state index contributed by atoms with van der Waals surface area (Å²) in [6, 6.07) is 12.1. The molecule has 1 amide bonds. The molecule has 0 atom stereocenters. The lowest BCUT2D eigenvalue weighted by Crippen LogP contribution is -2.41. The van der Waals surface area contributed by atoms with E-state index in [1.807, 2.05) is 24.3 Å². The van der Waals surface area contributed by atoms with Crippen LogP contribution in [0.4, 0.5) is 5.82 Å². The van der Waals surface area contributed by atoms with Gasteiger partial charge in [0.25, 0.3) is 0 Å². The van der Waals surface area contributed by atoms with Crippen molar-refractivity contribution in [2.75, 3.05) is 38.3 Å². The third-order valence-corrected chi connectivity index (χ3v) is 5.32. The fourth-order valence-corrected chi connectivity index (χ4v) is 3.70. The van der Waals surface area contributed by atoms with E-state index in [1.54, 1.807) is 11.6 Å². The van der Waals surface area contributed by atoms with Gasteiger partial charge in [0.1, 0.15) is 5.82 Å². The number of hydrogen-bond donors (Lipinski definition) is 1. The average Bonchev–Trinajstić information content (AvgIpc) is 3.17. The Balaban J connectivity index is 1.48. The van der Waals surface area contributed by atoms with Crippen LogP contribution in [-0.4, -0.2) is 59.1 Å². The van der Waals surface area contributed by atoms with Crippen molar-refractivity contribution in [3.05, 3.63) is 42.0 Å². The van der Waals surface area contributed by atoms with Crippen molar-refractivity contribution in [2.24, 2.45) is 5.92 Å². The number of nitrogens with zero attached hydrogens (tertiary/aromatic N) is 5. The van der Waals surface area contributed by atoms with Gasteiger partial charge in [0.15, 0.2) is 11.5 Å². The Morgan fingerprint density at radius 2 is 2.03 bits per heavy atom. The van der Waals surface area contributed by atoms with Crippen LogP contribution in [0.5, 0.6) is 0 Å². The molecule has 152 valence electrons. The first kappa shape index (κ1) is 19.3. The lowest BCUT2D eigenvalue weighted by Gasteiger charge is -2.32. The van der Waals surface area contributed by atoms with Crippen molar-refractivity contribution in [1.29, 1.82) is 0 Å². The number of fused-ring (bicyclic) bond motifs is 1. The highest BCUT2D eigenvalue weighted by atomic mass is 16.5. The Bertz CT molecular complexity index is 994. The Hall–Kier alpha value is -3.00. The zero-order chi connectivity index (χ0) is 20.2. The summed E-state index contributed by atoms with van der Waals surface area (Å²) >= 11 is 0. The molecule has 29 heavy (non-hydrogen) atoms. The third kappa shape index (κ3) is 4.22. The normalized spacial score (nSPS) is 15.0. The summed E-state index contributed by atoms with van der Waals surface area (Å²) in [6.45, 7) is 4.74. The quantitative estimate of drug-likeness (QED) is 0.645. The molecule has 0 radical (unpaired) electrons. The van der Waals surface area contributed by atoms with Crippen molar-refractivity contribution >= 4 is 17.4 Å². The predicted molar refractivity (Wildman–Crippen MR) is 111 cm³/mol. The van der Waals surface area contributed by atoms with Gasteiger partial charge in [0.05, 0.1) is 6.61 Å². The molecule has 3 heterocycles.